The van der Waals surface area contributed by atoms with Gasteiger partial charge in [0.1, 0.15) is 0 Å². The molecule has 2 aromatic rings. The van der Waals surface area contributed by atoms with Gasteiger partial charge in [0.2, 0.25) is 0 Å². The van der Waals surface area contributed by atoms with E-state index in [1.54, 1.807) is 4.72 Å². The zero-order valence-electron chi connectivity index (χ0n) is 16.7. The van der Waals surface area contributed by atoms with Gasteiger partial charge in [-0.1, -0.05) is 25.4 Å². The van der Waals surface area contributed by atoms with Crippen molar-refractivity contribution in [3.05, 3.63) is 61.4 Å². The molecule has 1 heterocycles. The summed E-state index contributed by atoms with van der Waals surface area (Å²) in [6.07, 6.45) is -4.55. The van der Waals surface area contributed by atoms with Crippen LogP contribution in [0.2, 0.25) is 5.02 Å². The molecule has 0 bridgehead atoms. The summed E-state index contributed by atoms with van der Waals surface area (Å²) in [5.41, 5.74) is -5.39. The number of carbonyl (C=O) groups excluding carboxylic acids is 1. The molecular formula is C17H19ClF3N5O5S. The van der Waals surface area contributed by atoms with Crippen molar-refractivity contribution in [2.75, 3.05) is 12.4 Å². The number of nitrogens with zero attached hydrogens (tertiary/aromatic N) is 2. The van der Waals surface area contributed by atoms with Gasteiger partial charge in [0.15, 0.2) is 5.69 Å². The van der Waals surface area contributed by atoms with Crippen LogP contribution in [0.25, 0.3) is 5.69 Å². The van der Waals surface area contributed by atoms with Crippen molar-refractivity contribution >= 4 is 27.7 Å². The standard InChI is InChI=1S/C17H19ClF3N5O5S/c1-9(2)5-6-23-32(30,31)24-15(28)11-7-10(3-4-12(11)18)25-14(27)8-13(17(19,20)21)26(22)16(25)29/h3-4,7-9,23H,5-6,22H2,1-2H3,(H,24,28). The molecule has 0 saturated carbocycles. The van der Waals surface area contributed by atoms with E-state index in [1.165, 1.54) is 0 Å². The minimum Gasteiger partial charge on any atom is -0.335 e. The molecule has 0 aliphatic rings. The molecule has 10 nitrogen and oxygen atoms in total. The summed E-state index contributed by atoms with van der Waals surface area (Å²) >= 11 is 5.93. The van der Waals surface area contributed by atoms with E-state index >= 15 is 0 Å². The summed E-state index contributed by atoms with van der Waals surface area (Å²) in [6.45, 7) is 3.80. The van der Waals surface area contributed by atoms with E-state index < -0.39 is 44.8 Å². The minimum atomic E-state index is -5.06. The summed E-state index contributed by atoms with van der Waals surface area (Å²) in [5.74, 6) is 4.20. The third kappa shape index (κ3) is 5.89. The zero-order valence-corrected chi connectivity index (χ0v) is 18.3. The Morgan fingerprint density at radius 1 is 1.22 bits per heavy atom. The second-order valence-electron chi connectivity index (χ2n) is 7.03. The predicted molar refractivity (Wildman–Crippen MR) is 110 cm³/mol. The second kappa shape index (κ2) is 9.34. The van der Waals surface area contributed by atoms with Crippen molar-refractivity contribution < 1.29 is 26.4 Å². The maximum absolute atomic E-state index is 12.9. The topological polar surface area (TPSA) is 145 Å². The van der Waals surface area contributed by atoms with E-state index in [2.05, 4.69) is 4.72 Å². The maximum atomic E-state index is 12.9. The number of hydrogen-bond acceptors (Lipinski definition) is 6. The van der Waals surface area contributed by atoms with E-state index in [4.69, 9.17) is 17.4 Å². The average Bonchev–Trinajstić information content (AvgIpc) is 2.64. The fraction of sp³-hybridized carbons (Fsp3) is 0.353. The minimum absolute atomic E-state index is 0.0606. The van der Waals surface area contributed by atoms with Crippen LogP contribution >= 0.6 is 11.6 Å². The first kappa shape index (κ1) is 25.4. The normalized spacial score (nSPS) is 12.2. The molecule has 0 fully saturated rings. The van der Waals surface area contributed by atoms with Gasteiger partial charge in [-0.3, -0.25) is 9.59 Å². The van der Waals surface area contributed by atoms with Gasteiger partial charge in [0, 0.05) is 12.6 Å². The molecule has 1 aromatic heterocycles. The molecule has 0 unspecified atom stereocenters. The summed E-state index contributed by atoms with van der Waals surface area (Å²) in [6, 6.07) is 3.12. The molecule has 4 N–H and O–H groups in total. The summed E-state index contributed by atoms with van der Waals surface area (Å²) in [5, 5.41) is -0.239. The third-order valence-electron chi connectivity index (χ3n) is 4.12. The highest BCUT2D eigenvalue weighted by molar-refractivity contribution is 7.88. The predicted octanol–water partition coefficient (Wildman–Crippen LogP) is 0.996. The van der Waals surface area contributed by atoms with Gasteiger partial charge < -0.3 is 5.84 Å². The number of aromatic nitrogens is 2. The lowest BCUT2D eigenvalue weighted by Gasteiger charge is -2.14. The fourth-order valence-electron chi connectivity index (χ4n) is 2.53. The molecule has 0 saturated heterocycles. The van der Waals surface area contributed by atoms with E-state index in [9.17, 15) is 36.0 Å². The molecule has 0 atom stereocenters. The molecule has 32 heavy (non-hydrogen) atoms. The van der Waals surface area contributed by atoms with Crippen molar-refractivity contribution in [1.82, 2.24) is 18.7 Å². The van der Waals surface area contributed by atoms with E-state index in [1.807, 2.05) is 13.8 Å². The largest absolute Gasteiger partial charge is 0.433 e. The van der Waals surface area contributed by atoms with Gasteiger partial charge in [-0.05, 0) is 30.5 Å². The molecule has 1 amide bonds. The highest BCUT2D eigenvalue weighted by Crippen LogP contribution is 2.26. The van der Waals surface area contributed by atoms with Crippen LogP contribution in [0, 0.1) is 5.92 Å². The third-order valence-corrected chi connectivity index (χ3v) is 5.49. The van der Waals surface area contributed by atoms with Gasteiger partial charge in [-0.2, -0.15) is 26.3 Å². The number of carbonyl (C=O) groups is 1. The van der Waals surface area contributed by atoms with Crippen LogP contribution in [0.15, 0.2) is 33.9 Å². The Labute approximate surface area is 184 Å². The number of nitrogen functional groups attached to an aromatic ring is 1. The van der Waals surface area contributed by atoms with Gasteiger partial charge in [-0.15, -0.1) is 0 Å². The van der Waals surface area contributed by atoms with Crippen LogP contribution in [0.3, 0.4) is 0 Å². The van der Waals surface area contributed by atoms with Gasteiger partial charge in [0.25, 0.3) is 11.5 Å². The number of rotatable bonds is 7. The number of nitrogens with one attached hydrogen (secondary N) is 2. The second-order valence-corrected chi connectivity index (χ2v) is 8.94. The number of nitrogens with two attached hydrogens (primary N) is 1. The first-order valence-electron chi connectivity index (χ1n) is 8.97. The number of hydrogen-bond donors (Lipinski definition) is 3. The van der Waals surface area contributed by atoms with E-state index in [-0.39, 0.29) is 38.5 Å². The Morgan fingerprint density at radius 2 is 1.84 bits per heavy atom. The fourth-order valence-corrected chi connectivity index (χ4v) is 3.55. The Bertz CT molecular complexity index is 1250. The number of amides is 1. The highest BCUT2D eigenvalue weighted by atomic mass is 35.5. The lowest BCUT2D eigenvalue weighted by atomic mass is 10.1. The van der Waals surface area contributed by atoms with Crippen molar-refractivity contribution in [2.24, 2.45) is 5.92 Å². The first-order valence-corrected chi connectivity index (χ1v) is 10.8. The smallest absolute Gasteiger partial charge is 0.335 e. The molecule has 0 aliphatic carbocycles. The van der Waals surface area contributed by atoms with Crippen LogP contribution in [-0.2, 0) is 16.4 Å². The highest BCUT2D eigenvalue weighted by Gasteiger charge is 2.35. The lowest BCUT2D eigenvalue weighted by Crippen LogP contribution is -2.45. The van der Waals surface area contributed by atoms with Crippen molar-refractivity contribution in [3.8, 4) is 5.69 Å². The van der Waals surface area contributed by atoms with E-state index in [0.717, 1.165) is 18.2 Å². The Kier molecular flexibility index (Phi) is 7.42. The van der Waals surface area contributed by atoms with E-state index in [0.29, 0.717) is 6.42 Å². The number of alkyl halides is 3. The molecule has 176 valence electrons. The summed E-state index contributed by atoms with van der Waals surface area (Å²) < 4.78 is 66.8. The maximum Gasteiger partial charge on any atom is 0.433 e. The number of halogens is 4. The van der Waals surface area contributed by atoms with Gasteiger partial charge in [-0.25, -0.2) is 18.8 Å². The average molecular weight is 498 g/mol. The number of benzene rings is 1. The SMILES string of the molecule is CC(C)CCNS(=O)(=O)NC(=O)c1cc(-n2c(=O)cc(C(F)(F)F)n(N)c2=O)ccc1Cl. The summed E-state index contributed by atoms with van der Waals surface area (Å²) in [4.78, 5) is 36.9. The van der Waals surface area contributed by atoms with Gasteiger partial charge in [0.05, 0.1) is 16.3 Å². The van der Waals surface area contributed by atoms with Crippen LogP contribution in [-0.4, -0.2) is 30.1 Å². The molecular weight excluding hydrogens is 479 g/mol. The van der Waals surface area contributed by atoms with Crippen molar-refractivity contribution in [2.45, 2.75) is 26.4 Å². The molecule has 1 aromatic carbocycles. The Morgan fingerprint density at radius 3 is 2.41 bits per heavy atom. The Balaban J connectivity index is 2.44. The van der Waals surface area contributed by atoms with Crippen molar-refractivity contribution in [1.29, 1.82) is 0 Å². The van der Waals surface area contributed by atoms with Crippen LogP contribution < -0.4 is 26.5 Å². The van der Waals surface area contributed by atoms with Gasteiger partial charge >= 0.3 is 22.1 Å². The Hall–Kier alpha value is -2.84. The molecule has 15 heteroatoms. The quantitative estimate of drug-likeness (QED) is 0.486. The molecule has 2 rings (SSSR count). The van der Waals surface area contributed by atoms with Crippen LogP contribution in [0.4, 0.5) is 13.2 Å². The van der Waals surface area contributed by atoms with Crippen molar-refractivity contribution in [3.63, 3.8) is 0 Å². The zero-order chi connectivity index (χ0) is 24.4. The lowest BCUT2D eigenvalue weighted by molar-refractivity contribution is -0.143. The summed E-state index contributed by atoms with van der Waals surface area (Å²) in [7, 11) is -4.25. The molecule has 0 aliphatic heterocycles. The first-order chi connectivity index (χ1) is 14.6. The molecule has 0 radical (unpaired) electrons. The van der Waals surface area contributed by atoms with Crippen LogP contribution in [0.5, 0.6) is 0 Å². The monoisotopic (exact) mass is 497 g/mol. The molecule has 0 spiro atoms. The van der Waals surface area contributed by atoms with Crippen LogP contribution in [0.1, 0.15) is 36.3 Å².